The number of nitrogens with zero attached hydrogens (tertiary/aromatic N) is 2. The predicted octanol–water partition coefficient (Wildman–Crippen LogP) is 4.10. The molecular weight excluding hydrogens is 298 g/mol. The number of benzene rings is 1. The largest absolute Gasteiger partial charge is 0.350 e. The molecule has 126 valence electrons. The van der Waals surface area contributed by atoms with Crippen LogP contribution in [0.25, 0.3) is 0 Å². The second-order valence-corrected chi connectivity index (χ2v) is 6.91. The topological polar surface area (TPSA) is 53.8 Å². The lowest BCUT2D eigenvalue weighted by molar-refractivity contribution is -0.122. The van der Waals surface area contributed by atoms with Crippen molar-refractivity contribution in [2.75, 3.05) is 0 Å². The third kappa shape index (κ3) is 4.03. The normalized spacial score (nSPS) is 18.3. The van der Waals surface area contributed by atoms with Crippen molar-refractivity contribution in [1.82, 2.24) is 5.32 Å². The van der Waals surface area contributed by atoms with E-state index >= 15 is 0 Å². The highest BCUT2D eigenvalue weighted by atomic mass is 16.1. The summed E-state index contributed by atoms with van der Waals surface area (Å²) in [5.41, 5.74) is 3.73. The molecule has 0 saturated heterocycles. The van der Waals surface area contributed by atoms with Gasteiger partial charge in [0.15, 0.2) is 5.66 Å². The Labute approximate surface area is 144 Å². The number of amides is 1. The van der Waals surface area contributed by atoms with Gasteiger partial charge in [-0.1, -0.05) is 18.2 Å². The Morgan fingerprint density at radius 1 is 1.29 bits per heavy atom. The van der Waals surface area contributed by atoms with Crippen molar-refractivity contribution in [1.29, 1.82) is 0 Å². The van der Waals surface area contributed by atoms with E-state index < -0.39 is 0 Å². The van der Waals surface area contributed by atoms with Crippen LogP contribution in [-0.4, -0.2) is 11.6 Å². The van der Waals surface area contributed by atoms with Crippen LogP contribution in [0.1, 0.15) is 68.2 Å². The molecule has 1 atom stereocenters. The molecule has 24 heavy (non-hydrogen) atoms. The van der Waals surface area contributed by atoms with Gasteiger partial charge in [0, 0.05) is 25.7 Å². The van der Waals surface area contributed by atoms with Gasteiger partial charge in [-0.3, -0.25) is 4.79 Å². The van der Waals surface area contributed by atoms with Crippen molar-refractivity contribution in [2.45, 2.75) is 70.0 Å². The lowest BCUT2D eigenvalue weighted by Gasteiger charge is -2.20. The molecule has 0 bridgehead atoms. The maximum Gasteiger partial charge on any atom is 0.220 e. The Morgan fingerprint density at radius 2 is 2.04 bits per heavy atom. The van der Waals surface area contributed by atoms with Crippen LogP contribution in [0, 0.1) is 12.3 Å². The Hall–Kier alpha value is -2.15. The molecule has 1 aromatic rings. The minimum absolute atomic E-state index is 0.0273. The molecule has 0 radical (unpaired) electrons. The van der Waals surface area contributed by atoms with Crippen molar-refractivity contribution in [2.24, 2.45) is 10.2 Å². The molecule has 1 aromatic carbocycles. The van der Waals surface area contributed by atoms with E-state index in [0.717, 1.165) is 12.8 Å². The highest BCUT2D eigenvalue weighted by Crippen LogP contribution is 2.37. The average Bonchev–Trinajstić information content (AvgIpc) is 3.38. The summed E-state index contributed by atoms with van der Waals surface area (Å²) in [5.74, 6) is 2.66. The Balaban J connectivity index is 1.50. The summed E-state index contributed by atoms with van der Waals surface area (Å²) in [7, 11) is 0. The summed E-state index contributed by atoms with van der Waals surface area (Å²) in [5, 5.41) is 11.3. The molecule has 1 aliphatic heterocycles. The van der Waals surface area contributed by atoms with Crippen molar-refractivity contribution in [3.05, 3.63) is 34.9 Å². The van der Waals surface area contributed by atoms with Gasteiger partial charge in [0.2, 0.25) is 5.91 Å². The molecule has 1 amide bonds. The number of carbonyl (C=O) groups is 1. The Kier molecular flexibility index (Phi) is 4.99. The first-order valence-corrected chi connectivity index (χ1v) is 8.90. The van der Waals surface area contributed by atoms with Crippen molar-refractivity contribution in [3.8, 4) is 12.3 Å². The molecule has 2 aliphatic rings. The van der Waals surface area contributed by atoms with Gasteiger partial charge in [0.25, 0.3) is 0 Å². The van der Waals surface area contributed by atoms with Gasteiger partial charge in [0.1, 0.15) is 0 Å². The summed E-state index contributed by atoms with van der Waals surface area (Å²) < 4.78 is 0. The van der Waals surface area contributed by atoms with Gasteiger partial charge in [-0.05, 0) is 49.3 Å². The fourth-order valence-corrected chi connectivity index (χ4v) is 3.40. The molecule has 3 rings (SSSR count). The molecule has 4 nitrogen and oxygen atoms in total. The van der Waals surface area contributed by atoms with E-state index in [2.05, 4.69) is 39.7 Å². The third-order valence-electron chi connectivity index (χ3n) is 5.06. The lowest BCUT2D eigenvalue weighted by Crippen LogP contribution is -2.28. The monoisotopic (exact) mass is 323 g/mol. The van der Waals surface area contributed by atoms with Crippen LogP contribution in [0.5, 0.6) is 0 Å². The van der Waals surface area contributed by atoms with Gasteiger partial charge < -0.3 is 5.32 Å². The number of rotatable bonds is 7. The summed E-state index contributed by atoms with van der Waals surface area (Å²) >= 11 is 0. The van der Waals surface area contributed by atoms with Crippen LogP contribution in [-0.2, 0) is 17.6 Å². The first kappa shape index (κ1) is 16.7. The van der Waals surface area contributed by atoms with E-state index in [4.69, 9.17) is 6.42 Å². The highest BCUT2D eigenvalue weighted by Gasteiger charge is 2.39. The van der Waals surface area contributed by atoms with Crippen LogP contribution in [0.15, 0.2) is 28.4 Å². The zero-order chi connectivity index (χ0) is 17.0. The molecule has 4 heteroatoms. The van der Waals surface area contributed by atoms with Gasteiger partial charge in [0.05, 0.1) is 6.04 Å². The maximum absolute atomic E-state index is 12.2. The predicted molar refractivity (Wildman–Crippen MR) is 94.5 cm³/mol. The van der Waals surface area contributed by atoms with Gasteiger partial charge >= 0.3 is 0 Å². The molecule has 0 fully saturated rings. The minimum atomic E-state index is -0.376. The number of hydrogen-bond donors (Lipinski definition) is 1. The van der Waals surface area contributed by atoms with Crippen molar-refractivity contribution < 1.29 is 4.79 Å². The number of fused-ring (bicyclic) bond motifs is 1. The van der Waals surface area contributed by atoms with E-state index in [0.29, 0.717) is 19.3 Å². The number of hydrogen-bond acceptors (Lipinski definition) is 3. The number of nitrogens with one attached hydrogen (secondary N) is 1. The molecule has 1 heterocycles. The molecular formula is C20H25N3O. The highest BCUT2D eigenvalue weighted by molar-refractivity contribution is 5.76. The summed E-state index contributed by atoms with van der Waals surface area (Å²) in [4.78, 5) is 12.2. The zero-order valence-corrected chi connectivity index (χ0v) is 14.3. The van der Waals surface area contributed by atoms with Crippen LogP contribution < -0.4 is 5.32 Å². The minimum Gasteiger partial charge on any atom is -0.350 e. The quantitative estimate of drug-likeness (QED) is 0.755. The second-order valence-electron chi connectivity index (χ2n) is 6.91. The SMILES string of the molecule is C#CCCC1(CCC(=O)NC(C)c2ccc3c(c2)CCCC3)N=N1. The molecule has 0 aromatic heterocycles. The molecule has 0 spiro atoms. The van der Waals surface area contributed by atoms with Gasteiger partial charge in [-0.15, -0.1) is 12.3 Å². The van der Waals surface area contributed by atoms with Crippen molar-refractivity contribution >= 4 is 5.91 Å². The second kappa shape index (κ2) is 7.17. The van der Waals surface area contributed by atoms with E-state index in [1.54, 1.807) is 0 Å². The van der Waals surface area contributed by atoms with Crippen LogP contribution in [0.2, 0.25) is 0 Å². The average molecular weight is 323 g/mol. The zero-order valence-electron chi connectivity index (χ0n) is 14.3. The number of carbonyl (C=O) groups excluding carboxylic acids is 1. The molecule has 1 aliphatic carbocycles. The maximum atomic E-state index is 12.2. The first-order chi connectivity index (χ1) is 11.6. The molecule has 0 saturated carbocycles. The van der Waals surface area contributed by atoms with Crippen molar-refractivity contribution in [3.63, 3.8) is 0 Å². The van der Waals surface area contributed by atoms with E-state index in [9.17, 15) is 4.79 Å². The standard InChI is InChI=1S/C20H25N3O/c1-3-4-12-20(22-23-20)13-11-19(24)21-15(2)17-10-9-16-7-5-6-8-18(16)14-17/h1,9-10,14-15H,4-8,11-13H2,2H3,(H,21,24). The number of aryl methyl sites for hydroxylation is 2. The molecule has 1 unspecified atom stereocenters. The smallest absolute Gasteiger partial charge is 0.220 e. The number of terminal acetylenes is 1. The fraction of sp³-hybridized carbons (Fsp3) is 0.550. The summed E-state index contributed by atoms with van der Waals surface area (Å²) in [6, 6.07) is 6.66. The Morgan fingerprint density at radius 3 is 2.75 bits per heavy atom. The van der Waals surface area contributed by atoms with Crippen LogP contribution in [0.4, 0.5) is 0 Å². The van der Waals surface area contributed by atoms with Gasteiger partial charge in [-0.2, -0.15) is 10.2 Å². The van der Waals surface area contributed by atoms with E-state index in [-0.39, 0.29) is 17.6 Å². The summed E-state index contributed by atoms with van der Waals surface area (Å²) in [6.07, 6.45) is 12.7. The Bertz CT molecular complexity index is 681. The van der Waals surface area contributed by atoms with Crippen LogP contribution >= 0.6 is 0 Å². The van der Waals surface area contributed by atoms with E-state index in [1.165, 1.54) is 36.0 Å². The third-order valence-corrected chi connectivity index (χ3v) is 5.06. The van der Waals surface area contributed by atoms with Gasteiger partial charge in [-0.25, -0.2) is 0 Å². The first-order valence-electron chi connectivity index (χ1n) is 8.90. The van der Waals surface area contributed by atoms with Crippen LogP contribution in [0.3, 0.4) is 0 Å². The molecule has 1 N–H and O–H groups in total. The fourth-order valence-electron chi connectivity index (χ4n) is 3.40. The lowest BCUT2D eigenvalue weighted by atomic mass is 9.89. The van der Waals surface area contributed by atoms with E-state index in [1.807, 2.05) is 6.92 Å². The summed E-state index contributed by atoms with van der Waals surface area (Å²) in [6.45, 7) is 2.04.